The van der Waals surface area contributed by atoms with E-state index in [0.29, 0.717) is 17.1 Å². The third-order valence-corrected chi connectivity index (χ3v) is 2.96. The van der Waals surface area contributed by atoms with Crippen LogP contribution in [-0.2, 0) is 0 Å². The zero-order valence-electron chi connectivity index (χ0n) is 12.0. The second kappa shape index (κ2) is 6.50. The second-order valence-corrected chi connectivity index (χ2v) is 5.43. The van der Waals surface area contributed by atoms with Gasteiger partial charge < -0.3 is 16.1 Å². The number of hydrogen-bond donors (Lipinski definition) is 3. The standard InChI is InChI=1S/C14H22BN2O2/c1-8(2)7-15-14(17-16)11-5-10(9(3)4)12(18)6-13(11)19/h5-6,8-9,18-19H,7,16H2,1-4H3/b17-14-. The van der Waals surface area contributed by atoms with E-state index in [-0.39, 0.29) is 17.4 Å². The Bertz CT molecular complexity index is 471. The van der Waals surface area contributed by atoms with E-state index in [9.17, 15) is 10.2 Å². The van der Waals surface area contributed by atoms with E-state index < -0.39 is 0 Å². The van der Waals surface area contributed by atoms with Crippen molar-refractivity contribution in [3.63, 3.8) is 0 Å². The van der Waals surface area contributed by atoms with Crippen LogP contribution in [0.5, 0.6) is 11.5 Å². The van der Waals surface area contributed by atoms with Gasteiger partial charge in [-0.25, -0.2) is 0 Å². The first-order chi connectivity index (χ1) is 8.86. The zero-order valence-corrected chi connectivity index (χ0v) is 12.0. The summed E-state index contributed by atoms with van der Waals surface area (Å²) in [5.74, 6) is 6.14. The molecule has 0 bridgehead atoms. The summed E-state index contributed by atoms with van der Waals surface area (Å²) < 4.78 is 0. The summed E-state index contributed by atoms with van der Waals surface area (Å²) in [7, 11) is 1.90. The molecule has 0 amide bonds. The summed E-state index contributed by atoms with van der Waals surface area (Å²) >= 11 is 0. The Kier molecular flexibility index (Phi) is 5.27. The van der Waals surface area contributed by atoms with Gasteiger partial charge in [-0.3, -0.25) is 0 Å². The average molecular weight is 261 g/mol. The predicted molar refractivity (Wildman–Crippen MR) is 80.0 cm³/mol. The maximum absolute atomic E-state index is 9.95. The quantitative estimate of drug-likeness (QED) is 0.330. The van der Waals surface area contributed by atoms with Gasteiger partial charge in [0.15, 0.2) is 7.28 Å². The van der Waals surface area contributed by atoms with Crippen LogP contribution in [0.2, 0.25) is 6.32 Å². The molecule has 0 heterocycles. The molecule has 4 nitrogen and oxygen atoms in total. The molecule has 19 heavy (non-hydrogen) atoms. The minimum Gasteiger partial charge on any atom is -0.508 e. The van der Waals surface area contributed by atoms with Crippen molar-refractivity contribution >= 4 is 12.9 Å². The van der Waals surface area contributed by atoms with E-state index in [1.165, 1.54) is 6.07 Å². The molecule has 0 aromatic heterocycles. The smallest absolute Gasteiger partial charge is 0.181 e. The lowest BCUT2D eigenvalue weighted by atomic mass is 9.63. The molecule has 0 atom stereocenters. The van der Waals surface area contributed by atoms with Gasteiger partial charge in [0.25, 0.3) is 0 Å². The van der Waals surface area contributed by atoms with E-state index in [0.717, 1.165) is 11.9 Å². The lowest BCUT2D eigenvalue weighted by molar-refractivity contribution is 0.443. The van der Waals surface area contributed by atoms with Gasteiger partial charge in [0.05, 0.1) is 0 Å². The van der Waals surface area contributed by atoms with Crippen LogP contribution in [0.4, 0.5) is 0 Å². The third-order valence-electron chi connectivity index (χ3n) is 2.96. The fraction of sp³-hybridized carbons (Fsp3) is 0.500. The molecule has 1 rings (SSSR count). The number of phenols is 2. The van der Waals surface area contributed by atoms with Crippen LogP contribution >= 0.6 is 0 Å². The number of rotatable bonds is 5. The highest BCUT2D eigenvalue weighted by atomic mass is 16.3. The Morgan fingerprint density at radius 1 is 1.21 bits per heavy atom. The lowest BCUT2D eigenvalue weighted by Crippen LogP contribution is -2.15. The molecule has 1 aromatic rings. The van der Waals surface area contributed by atoms with Gasteiger partial charge in [-0.2, -0.15) is 5.10 Å². The molecule has 1 aromatic carbocycles. The lowest BCUT2D eigenvalue weighted by Gasteiger charge is -2.14. The van der Waals surface area contributed by atoms with E-state index in [1.54, 1.807) is 6.07 Å². The minimum atomic E-state index is -0.00824. The summed E-state index contributed by atoms with van der Waals surface area (Å²) in [6.07, 6.45) is 0.827. The van der Waals surface area contributed by atoms with Crippen molar-refractivity contribution in [3.8, 4) is 11.5 Å². The molecular weight excluding hydrogens is 239 g/mol. The molecule has 0 fully saturated rings. The summed E-state index contributed by atoms with van der Waals surface area (Å²) in [5, 5.41) is 23.5. The van der Waals surface area contributed by atoms with Gasteiger partial charge in [0, 0.05) is 17.2 Å². The van der Waals surface area contributed by atoms with Crippen molar-refractivity contribution in [1.82, 2.24) is 0 Å². The first kappa shape index (κ1) is 15.4. The van der Waals surface area contributed by atoms with Crippen molar-refractivity contribution in [2.75, 3.05) is 0 Å². The SMILES string of the molecule is CC(C)C[B]/C(=N\N)c1cc(C(C)C)c(O)cc1O. The van der Waals surface area contributed by atoms with E-state index in [1.807, 2.05) is 21.1 Å². The Balaban J connectivity index is 3.14. The highest BCUT2D eigenvalue weighted by Crippen LogP contribution is 2.32. The van der Waals surface area contributed by atoms with Crippen LogP contribution in [0.25, 0.3) is 0 Å². The normalized spacial score (nSPS) is 12.2. The van der Waals surface area contributed by atoms with Crippen LogP contribution in [0.3, 0.4) is 0 Å². The number of nitrogens with two attached hydrogens (primary N) is 1. The topological polar surface area (TPSA) is 78.8 Å². The van der Waals surface area contributed by atoms with Crippen LogP contribution in [-0.4, -0.2) is 23.1 Å². The van der Waals surface area contributed by atoms with Gasteiger partial charge in [-0.15, -0.1) is 0 Å². The monoisotopic (exact) mass is 261 g/mol. The summed E-state index contributed by atoms with van der Waals surface area (Å²) in [6.45, 7) is 8.15. The summed E-state index contributed by atoms with van der Waals surface area (Å²) in [5.41, 5.74) is 1.88. The fourth-order valence-electron chi connectivity index (χ4n) is 1.84. The molecule has 103 valence electrons. The van der Waals surface area contributed by atoms with E-state index in [4.69, 9.17) is 5.84 Å². The predicted octanol–water partition coefficient (Wildman–Crippen LogP) is 2.62. The number of nitrogens with zero attached hydrogens (tertiary/aromatic N) is 1. The van der Waals surface area contributed by atoms with E-state index >= 15 is 0 Å². The molecule has 0 saturated heterocycles. The van der Waals surface area contributed by atoms with Crippen molar-refractivity contribution in [2.24, 2.45) is 16.9 Å². The van der Waals surface area contributed by atoms with E-state index in [2.05, 4.69) is 18.9 Å². The molecule has 0 unspecified atom stereocenters. The van der Waals surface area contributed by atoms with Gasteiger partial charge in [-0.1, -0.05) is 39.9 Å². The summed E-state index contributed by atoms with van der Waals surface area (Å²) in [6, 6.07) is 3.09. The molecule has 5 heteroatoms. The molecule has 0 saturated carbocycles. The second-order valence-electron chi connectivity index (χ2n) is 5.43. The maximum Gasteiger partial charge on any atom is 0.181 e. The zero-order chi connectivity index (χ0) is 14.6. The van der Waals surface area contributed by atoms with Crippen molar-refractivity contribution in [1.29, 1.82) is 0 Å². The molecule has 0 aliphatic rings. The first-order valence-electron chi connectivity index (χ1n) is 6.54. The van der Waals surface area contributed by atoms with Crippen molar-refractivity contribution < 1.29 is 10.2 Å². The Hall–Kier alpha value is -1.65. The molecule has 0 aliphatic heterocycles. The first-order valence-corrected chi connectivity index (χ1v) is 6.54. The number of hydrogen-bond acceptors (Lipinski definition) is 4. The van der Waals surface area contributed by atoms with Crippen LogP contribution < -0.4 is 5.84 Å². The van der Waals surface area contributed by atoms with Gasteiger partial charge in [-0.05, 0) is 17.5 Å². The summed E-state index contributed by atoms with van der Waals surface area (Å²) in [4.78, 5) is 0. The maximum atomic E-state index is 9.95. The van der Waals surface area contributed by atoms with Crippen LogP contribution in [0.15, 0.2) is 17.2 Å². The number of phenolic OH excluding ortho intramolecular Hbond substituents is 2. The van der Waals surface area contributed by atoms with Crippen LogP contribution in [0.1, 0.15) is 44.7 Å². The van der Waals surface area contributed by atoms with Crippen LogP contribution in [0, 0.1) is 5.92 Å². The highest BCUT2D eigenvalue weighted by Gasteiger charge is 2.16. The number of aromatic hydroxyl groups is 2. The van der Waals surface area contributed by atoms with Crippen molar-refractivity contribution in [2.45, 2.75) is 39.9 Å². The van der Waals surface area contributed by atoms with Gasteiger partial charge in [0.2, 0.25) is 0 Å². The Labute approximate surface area is 115 Å². The van der Waals surface area contributed by atoms with Gasteiger partial charge in [0.1, 0.15) is 11.5 Å². The number of hydrazone groups is 1. The number of benzene rings is 1. The fourth-order valence-corrected chi connectivity index (χ4v) is 1.84. The average Bonchev–Trinajstić information content (AvgIpc) is 2.31. The van der Waals surface area contributed by atoms with Gasteiger partial charge >= 0.3 is 0 Å². The minimum absolute atomic E-state index is 0.00824. The largest absolute Gasteiger partial charge is 0.508 e. The Morgan fingerprint density at radius 2 is 1.84 bits per heavy atom. The molecular formula is C14H22BN2O2. The molecule has 0 spiro atoms. The molecule has 0 aliphatic carbocycles. The molecule has 4 N–H and O–H groups in total. The highest BCUT2D eigenvalue weighted by molar-refractivity contribution is 6.79. The third kappa shape index (κ3) is 3.91. The Morgan fingerprint density at radius 3 is 2.32 bits per heavy atom. The molecule has 1 radical (unpaired) electrons. The van der Waals surface area contributed by atoms with Crippen molar-refractivity contribution in [3.05, 3.63) is 23.3 Å².